The average molecular weight is 422 g/mol. The lowest BCUT2D eigenvalue weighted by Gasteiger charge is -2.04. The summed E-state index contributed by atoms with van der Waals surface area (Å²) >= 11 is 3.49. The maximum absolute atomic E-state index is 12.4. The van der Waals surface area contributed by atoms with E-state index in [1.165, 1.54) is 0 Å². The molecule has 0 saturated carbocycles. The highest BCUT2D eigenvalue weighted by atomic mass is 79.9. The van der Waals surface area contributed by atoms with E-state index in [1.807, 2.05) is 48.5 Å². The number of aliphatic imine (C=N–C) groups is 1. The maximum atomic E-state index is 12.4. The van der Waals surface area contributed by atoms with Crippen molar-refractivity contribution >= 4 is 44.6 Å². The van der Waals surface area contributed by atoms with Crippen molar-refractivity contribution in [3.63, 3.8) is 0 Å². The maximum Gasteiger partial charge on any atom is 0.363 e. The Bertz CT molecular complexity index is 1160. The van der Waals surface area contributed by atoms with E-state index in [4.69, 9.17) is 14.2 Å². The first-order chi connectivity index (χ1) is 13.2. The molecule has 132 valence electrons. The molecule has 0 bridgehead atoms. The fourth-order valence-corrected chi connectivity index (χ4v) is 3.56. The third-order valence-corrected chi connectivity index (χ3v) is 5.11. The average Bonchev–Trinajstić information content (AvgIpc) is 3.28. The van der Waals surface area contributed by atoms with E-state index in [0.717, 1.165) is 26.4 Å². The summed E-state index contributed by atoms with van der Waals surface area (Å²) in [4.78, 5) is 16.8. The summed E-state index contributed by atoms with van der Waals surface area (Å²) in [6.45, 7) is 0.188. The van der Waals surface area contributed by atoms with Crippen molar-refractivity contribution in [3.8, 4) is 11.5 Å². The Morgan fingerprint density at radius 3 is 2.67 bits per heavy atom. The van der Waals surface area contributed by atoms with Crippen LogP contribution in [-0.4, -0.2) is 18.7 Å². The van der Waals surface area contributed by atoms with Crippen LogP contribution in [0.25, 0.3) is 16.8 Å². The minimum Gasteiger partial charge on any atom is -0.454 e. The largest absolute Gasteiger partial charge is 0.454 e. The van der Waals surface area contributed by atoms with Crippen molar-refractivity contribution in [2.75, 3.05) is 6.79 Å². The van der Waals surface area contributed by atoms with Crippen LogP contribution in [0.1, 0.15) is 11.1 Å². The monoisotopic (exact) mass is 421 g/mol. The number of halogens is 1. The third kappa shape index (κ3) is 2.78. The molecule has 0 spiro atoms. The lowest BCUT2D eigenvalue weighted by Crippen LogP contribution is -2.05. The molecule has 5 nitrogen and oxygen atoms in total. The Morgan fingerprint density at radius 1 is 1.00 bits per heavy atom. The van der Waals surface area contributed by atoms with Gasteiger partial charge >= 0.3 is 5.97 Å². The van der Waals surface area contributed by atoms with Crippen LogP contribution in [0.5, 0.6) is 11.5 Å². The van der Waals surface area contributed by atoms with Crippen LogP contribution >= 0.6 is 15.9 Å². The topological polar surface area (TPSA) is 57.1 Å². The molecule has 0 amide bonds. The van der Waals surface area contributed by atoms with Crippen LogP contribution in [0.3, 0.4) is 0 Å². The van der Waals surface area contributed by atoms with Gasteiger partial charge in [0.2, 0.25) is 12.7 Å². The van der Waals surface area contributed by atoms with Crippen molar-refractivity contribution in [1.29, 1.82) is 0 Å². The van der Waals surface area contributed by atoms with Gasteiger partial charge in [0.25, 0.3) is 0 Å². The number of nitrogens with zero attached hydrogens (tertiary/aromatic N) is 1. The van der Waals surface area contributed by atoms with Gasteiger partial charge in [-0.05, 0) is 40.6 Å². The van der Waals surface area contributed by atoms with Crippen molar-refractivity contribution in [2.45, 2.75) is 0 Å². The van der Waals surface area contributed by atoms with E-state index >= 15 is 0 Å². The SMILES string of the molecule is O=C1OC(c2cccc3ccccc23)=NC1=Cc1cc2c(cc1Br)OCO2. The molecular formula is C21H12BrNO4. The smallest absolute Gasteiger partial charge is 0.363 e. The van der Waals surface area contributed by atoms with Gasteiger partial charge in [0, 0.05) is 10.0 Å². The van der Waals surface area contributed by atoms with E-state index in [0.29, 0.717) is 17.4 Å². The van der Waals surface area contributed by atoms with Gasteiger partial charge in [0.1, 0.15) is 0 Å². The highest BCUT2D eigenvalue weighted by molar-refractivity contribution is 9.10. The molecule has 0 aliphatic carbocycles. The molecule has 2 aliphatic heterocycles. The van der Waals surface area contributed by atoms with Crippen LogP contribution in [-0.2, 0) is 9.53 Å². The van der Waals surface area contributed by atoms with Crippen LogP contribution in [0.2, 0.25) is 0 Å². The van der Waals surface area contributed by atoms with E-state index in [-0.39, 0.29) is 12.5 Å². The fourth-order valence-electron chi connectivity index (χ4n) is 3.13. The first kappa shape index (κ1) is 16.1. The number of hydrogen-bond donors (Lipinski definition) is 0. The second kappa shape index (κ2) is 6.25. The molecule has 0 saturated heterocycles. The summed E-state index contributed by atoms with van der Waals surface area (Å²) in [7, 11) is 0. The molecule has 0 N–H and O–H groups in total. The number of ether oxygens (including phenoxy) is 3. The molecule has 2 aliphatic rings. The number of hydrogen-bond acceptors (Lipinski definition) is 5. The molecule has 27 heavy (non-hydrogen) atoms. The zero-order valence-corrected chi connectivity index (χ0v) is 15.5. The van der Waals surface area contributed by atoms with Crippen LogP contribution in [0.15, 0.2) is 69.8 Å². The molecule has 0 unspecified atom stereocenters. The lowest BCUT2D eigenvalue weighted by molar-refractivity contribution is -0.129. The Hall–Kier alpha value is -3.12. The van der Waals surface area contributed by atoms with Crippen LogP contribution in [0.4, 0.5) is 0 Å². The molecular weight excluding hydrogens is 410 g/mol. The molecule has 3 aromatic rings. The number of esters is 1. The van der Waals surface area contributed by atoms with Gasteiger partial charge < -0.3 is 14.2 Å². The van der Waals surface area contributed by atoms with Gasteiger partial charge in [-0.25, -0.2) is 9.79 Å². The number of fused-ring (bicyclic) bond motifs is 2. The second-order valence-corrected chi connectivity index (χ2v) is 6.94. The predicted molar refractivity (Wildman–Crippen MR) is 105 cm³/mol. The van der Waals surface area contributed by atoms with Gasteiger partial charge in [0.05, 0.1) is 0 Å². The Morgan fingerprint density at radius 2 is 1.78 bits per heavy atom. The van der Waals surface area contributed by atoms with Gasteiger partial charge in [-0.15, -0.1) is 0 Å². The first-order valence-electron chi connectivity index (χ1n) is 8.29. The highest BCUT2D eigenvalue weighted by Crippen LogP contribution is 2.38. The summed E-state index contributed by atoms with van der Waals surface area (Å²) in [6, 6.07) is 17.4. The highest BCUT2D eigenvalue weighted by Gasteiger charge is 2.26. The van der Waals surface area contributed by atoms with Crippen molar-refractivity contribution in [3.05, 3.63) is 75.9 Å². The normalized spacial score (nSPS) is 16.7. The summed E-state index contributed by atoms with van der Waals surface area (Å²) < 4.78 is 17.0. The van der Waals surface area contributed by atoms with Gasteiger partial charge in [-0.2, -0.15) is 0 Å². The van der Waals surface area contributed by atoms with Gasteiger partial charge in [-0.3, -0.25) is 0 Å². The number of carbonyl (C=O) groups excluding carboxylic acids is 1. The number of rotatable bonds is 2. The zero-order chi connectivity index (χ0) is 18.4. The predicted octanol–water partition coefficient (Wildman–Crippen LogP) is 4.68. The quantitative estimate of drug-likeness (QED) is 0.445. The number of cyclic esters (lactones) is 1. The summed E-state index contributed by atoms with van der Waals surface area (Å²) in [5.74, 6) is 1.12. The summed E-state index contributed by atoms with van der Waals surface area (Å²) in [5, 5.41) is 2.04. The minimum atomic E-state index is -0.484. The zero-order valence-electron chi connectivity index (χ0n) is 13.9. The standard InChI is InChI=1S/C21H12BrNO4/c22-16-10-19-18(25-11-26-19)9-13(16)8-17-21(24)27-20(23-17)15-7-3-5-12-4-1-2-6-14(12)15/h1-10H,11H2. The molecule has 5 rings (SSSR count). The summed E-state index contributed by atoms with van der Waals surface area (Å²) in [5.41, 5.74) is 1.78. The minimum absolute atomic E-state index is 0.188. The fraction of sp³-hybridized carbons (Fsp3) is 0.0476. The Labute approximate surface area is 163 Å². The van der Waals surface area contributed by atoms with Crippen molar-refractivity contribution < 1.29 is 19.0 Å². The molecule has 0 atom stereocenters. The third-order valence-electron chi connectivity index (χ3n) is 4.42. The van der Waals surface area contributed by atoms with Crippen molar-refractivity contribution in [1.82, 2.24) is 0 Å². The molecule has 0 fully saturated rings. The number of benzene rings is 3. The van der Waals surface area contributed by atoms with E-state index in [9.17, 15) is 4.79 Å². The van der Waals surface area contributed by atoms with Crippen LogP contribution < -0.4 is 9.47 Å². The molecule has 0 radical (unpaired) electrons. The van der Waals surface area contributed by atoms with Gasteiger partial charge in [0.15, 0.2) is 17.2 Å². The summed E-state index contributed by atoms with van der Waals surface area (Å²) in [6.07, 6.45) is 1.67. The molecule has 2 heterocycles. The number of carbonyl (C=O) groups is 1. The Kier molecular flexibility index (Phi) is 3.72. The second-order valence-electron chi connectivity index (χ2n) is 6.09. The molecule has 6 heteroatoms. The first-order valence-corrected chi connectivity index (χ1v) is 9.08. The van der Waals surface area contributed by atoms with Crippen LogP contribution in [0, 0.1) is 0 Å². The van der Waals surface area contributed by atoms with E-state index in [2.05, 4.69) is 20.9 Å². The Balaban J connectivity index is 1.58. The van der Waals surface area contributed by atoms with E-state index in [1.54, 1.807) is 12.1 Å². The van der Waals surface area contributed by atoms with Crippen molar-refractivity contribution in [2.24, 2.45) is 4.99 Å². The van der Waals surface area contributed by atoms with E-state index < -0.39 is 5.97 Å². The van der Waals surface area contributed by atoms with Gasteiger partial charge in [-0.1, -0.05) is 52.3 Å². The molecule has 3 aromatic carbocycles. The molecule has 0 aromatic heterocycles. The lowest BCUT2D eigenvalue weighted by atomic mass is 10.0.